The van der Waals surface area contributed by atoms with Crippen molar-refractivity contribution >= 4 is 11.3 Å². The third-order valence-corrected chi connectivity index (χ3v) is 3.89. The van der Waals surface area contributed by atoms with Crippen LogP contribution in [0.4, 0.5) is 4.39 Å². The Balaban J connectivity index is 2.02. The largest absolute Gasteiger partial charge is 0.485 e. The first-order valence-electron chi connectivity index (χ1n) is 6.67. The lowest BCUT2D eigenvalue weighted by Crippen LogP contribution is -2.17. The Bertz CT molecular complexity index is 571. The zero-order valence-corrected chi connectivity index (χ0v) is 12.8. The van der Waals surface area contributed by atoms with Gasteiger partial charge in [0.25, 0.3) is 0 Å². The Morgan fingerprint density at radius 3 is 2.85 bits per heavy atom. The van der Waals surface area contributed by atoms with Gasteiger partial charge in [0.1, 0.15) is 6.61 Å². The number of benzene rings is 1. The third-order valence-electron chi connectivity index (χ3n) is 3.01. The molecule has 0 saturated heterocycles. The molecule has 1 unspecified atom stereocenters. The lowest BCUT2D eigenvalue weighted by molar-refractivity contribution is 0.293. The van der Waals surface area contributed by atoms with Gasteiger partial charge in [0, 0.05) is 12.2 Å². The second kappa shape index (κ2) is 6.81. The summed E-state index contributed by atoms with van der Waals surface area (Å²) in [5.41, 5.74) is 0.922. The number of rotatable bonds is 6. The minimum atomic E-state index is -0.325. The Kier molecular flexibility index (Phi) is 5.09. The van der Waals surface area contributed by atoms with Crippen LogP contribution in [0.5, 0.6) is 5.75 Å². The molecule has 5 heteroatoms. The molecule has 0 aliphatic heterocycles. The SMILES string of the molecule is CCNC(C)c1ccc(OCc2cnc(C)s2)c(F)c1. The van der Waals surface area contributed by atoms with Crippen LogP contribution in [0.1, 0.15) is 35.3 Å². The van der Waals surface area contributed by atoms with E-state index in [1.54, 1.807) is 23.6 Å². The van der Waals surface area contributed by atoms with Gasteiger partial charge in [-0.1, -0.05) is 13.0 Å². The molecular formula is C15H19FN2OS. The fourth-order valence-corrected chi connectivity index (χ4v) is 2.66. The zero-order chi connectivity index (χ0) is 14.5. The van der Waals surface area contributed by atoms with Gasteiger partial charge >= 0.3 is 0 Å². The van der Waals surface area contributed by atoms with E-state index in [1.165, 1.54) is 6.07 Å². The van der Waals surface area contributed by atoms with E-state index in [-0.39, 0.29) is 17.6 Å². The number of hydrogen-bond donors (Lipinski definition) is 1. The fourth-order valence-electron chi connectivity index (χ4n) is 1.95. The first-order chi connectivity index (χ1) is 9.60. The summed E-state index contributed by atoms with van der Waals surface area (Å²) >= 11 is 1.56. The van der Waals surface area contributed by atoms with Crippen LogP contribution in [0.15, 0.2) is 24.4 Å². The maximum atomic E-state index is 14.0. The van der Waals surface area contributed by atoms with Crippen molar-refractivity contribution in [2.24, 2.45) is 0 Å². The molecule has 0 saturated carbocycles. The number of hydrogen-bond acceptors (Lipinski definition) is 4. The van der Waals surface area contributed by atoms with E-state index in [0.717, 1.165) is 22.0 Å². The van der Waals surface area contributed by atoms with E-state index < -0.39 is 0 Å². The summed E-state index contributed by atoms with van der Waals surface area (Å²) in [6, 6.07) is 5.24. The molecule has 0 bridgehead atoms. The van der Waals surface area contributed by atoms with Crippen LogP contribution in [-0.2, 0) is 6.61 Å². The molecule has 1 N–H and O–H groups in total. The van der Waals surface area contributed by atoms with Crippen molar-refractivity contribution in [3.8, 4) is 5.75 Å². The zero-order valence-electron chi connectivity index (χ0n) is 11.9. The number of halogens is 1. The molecule has 1 aromatic heterocycles. The molecule has 20 heavy (non-hydrogen) atoms. The third kappa shape index (κ3) is 3.77. The van der Waals surface area contributed by atoms with Crippen LogP contribution in [0.2, 0.25) is 0 Å². The Morgan fingerprint density at radius 2 is 2.25 bits per heavy atom. The highest BCUT2D eigenvalue weighted by atomic mass is 32.1. The van der Waals surface area contributed by atoms with E-state index in [2.05, 4.69) is 10.3 Å². The number of nitrogens with one attached hydrogen (secondary N) is 1. The molecule has 1 aromatic carbocycles. The highest BCUT2D eigenvalue weighted by molar-refractivity contribution is 7.11. The Labute approximate surface area is 122 Å². The maximum Gasteiger partial charge on any atom is 0.165 e. The van der Waals surface area contributed by atoms with Crippen LogP contribution in [0.3, 0.4) is 0 Å². The highest BCUT2D eigenvalue weighted by Gasteiger charge is 2.10. The van der Waals surface area contributed by atoms with Crippen molar-refractivity contribution in [2.45, 2.75) is 33.4 Å². The number of thiazole rings is 1. The van der Waals surface area contributed by atoms with Gasteiger partial charge in [-0.15, -0.1) is 11.3 Å². The molecule has 0 spiro atoms. The summed E-state index contributed by atoms with van der Waals surface area (Å²) in [5.74, 6) is -0.0445. The van der Waals surface area contributed by atoms with E-state index in [1.807, 2.05) is 26.8 Å². The molecule has 108 valence electrons. The summed E-state index contributed by atoms with van der Waals surface area (Å²) in [4.78, 5) is 5.14. The molecular weight excluding hydrogens is 275 g/mol. The lowest BCUT2D eigenvalue weighted by Gasteiger charge is -2.14. The van der Waals surface area contributed by atoms with Crippen LogP contribution in [0, 0.1) is 12.7 Å². The minimum Gasteiger partial charge on any atom is -0.485 e. The predicted octanol–water partition coefficient (Wildman–Crippen LogP) is 3.84. The molecule has 0 aliphatic carbocycles. The normalized spacial score (nSPS) is 12.4. The van der Waals surface area contributed by atoms with E-state index in [4.69, 9.17) is 4.74 Å². The van der Waals surface area contributed by atoms with Gasteiger partial charge in [0.2, 0.25) is 0 Å². The molecule has 0 amide bonds. The summed E-state index contributed by atoms with van der Waals surface area (Å²) < 4.78 is 19.5. The van der Waals surface area contributed by atoms with Crippen LogP contribution in [0.25, 0.3) is 0 Å². The van der Waals surface area contributed by atoms with Gasteiger partial charge < -0.3 is 10.1 Å². The molecule has 0 fully saturated rings. The fraction of sp³-hybridized carbons (Fsp3) is 0.400. The van der Waals surface area contributed by atoms with Crippen molar-refractivity contribution in [3.05, 3.63) is 45.7 Å². The van der Waals surface area contributed by atoms with Crippen molar-refractivity contribution in [3.63, 3.8) is 0 Å². The summed E-state index contributed by atoms with van der Waals surface area (Å²) in [5, 5.41) is 4.24. The average Bonchev–Trinajstić information content (AvgIpc) is 2.83. The van der Waals surface area contributed by atoms with E-state index in [0.29, 0.717) is 6.61 Å². The molecule has 3 nitrogen and oxygen atoms in total. The standard InChI is InChI=1S/C15H19FN2OS/c1-4-17-10(2)12-5-6-15(14(16)7-12)19-9-13-8-18-11(3)20-13/h5-8,10,17H,4,9H2,1-3H3. The van der Waals surface area contributed by atoms with Gasteiger partial charge in [-0.2, -0.15) is 0 Å². The number of aromatic nitrogens is 1. The Morgan fingerprint density at radius 1 is 1.45 bits per heavy atom. The first-order valence-corrected chi connectivity index (χ1v) is 7.48. The van der Waals surface area contributed by atoms with E-state index in [9.17, 15) is 4.39 Å². The summed E-state index contributed by atoms with van der Waals surface area (Å²) in [6.07, 6.45) is 1.76. The first kappa shape index (κ1) is 14.9. The highest BCUT2D eigenvalue weighted by Crippen LogP contribution is 2.23. The molecule has 1 atom stereocenters. The van der Waals surface area contributed by atoms with Crippen molar-refractivity contribution in [1.29, 1.82) is 0 Å². The maximum absolute atomic E-state index is 14.0. The second-order valence-corrected chi connectivity index (χ2v) is 5.92. The minimum absolute atomic E-state index is 0.132. The van der Waals surface area contributed by atoms with Crippen molar-refractivity contribution < 1.29 is 9.13 Å². The van der Waals surface area contributed by atoms with Crippen molar-refractivity contribution in [1.82, 2.24) is 10.3 Å². The van der Waals surface area contributed by atoms with E-state index >= 15 is 0 Å². The van der Waals surface area contributed by atoms with Crippen molar-refractivity contribution in [2.75, 3.05) is 6.54 Å². The smallest absolute Gasteiger partial charge is 0.165 e. The monoisotopic (exact) mass is 294 g/mol. The molecule has 1 heterocycles. The van der Waals surface area contributed by atoms with Gasteiger partial charge in [-0.3, -0.25) is 0 Å². The quantitative estimate of drug-likeness (QED) is 0.879. The van der Waals surface area contributed by atoms with Gasteiger partial charge in [-0.25, -0.2) is 9.37 Å². The number of ether oxygens (including phenoxy) is 1. The number of aryl methyl sites for hydroxylation is 1. The second-order valence-electron chi connectivity index (χ2n) is 4.60. The van der Waals surface area contributed by atoms with Gasteiger partial charge in [-0.05, 0) is 38.1 Å². The lowest BCUT2D eigenvalue weighted by atomic mass is 10.1. The molecule has 2 aromatic rings. The molecule has 2 rings (SSSR count). The van der Waals surface area contributed by atoms with Gasteiger partial charge in [0.05, 0.1) is 9.88 Å². The number of nitrogens with zero attached hydrogens (tertiary/aromatic N) is 1. The Hall–Kier alpha value is -1.46. The molecule has 0 radical (unpaired) electrons. The van der Waals surface area contributed by atoms with Crippen LogP contribution < -0.4 is 10.1 Å². The summed E-state index contributed by atoms with van der Waals surface area (Å²) in [6.45, 7) is 7.18. The molecule has 0 aliphatic rings. The summed E-state index contributed by atoms with van der Waals surface area (Å²) in [7, 11) is 0. The predicted molar refractivity (Wildman–Crippen MR) is 79.7 cm³/mol. The van der Waals surface area contributed by atoms with Gasteiger partial charge in [0.15, 0.2) is 11.6 Å². The van der Waals surface area contributed by atoms with Crippen LogP contribution >= 0.6 is 11.3 Å². The topological polar surface area (TPSA) is 34.1 Å². The average molecular weight is 294 g/mol. The van der Waals surface area contributed by atoms with Crippen LogP contribution in [-0.4, -0.2) is 11.5 Å².